The number of amides is 1. The van der Waals surface area contributed by atoms with Crippen LogP contribution in [0.5, 0.6) is 5.75 Å². The van der Waals surface area contributed by atoms with Crippen LogP contribution in [0.4, 0.5) is 0 Å². The number of carbonyl (C=O) groups excluding carboxylic acids is 1. The molecule has 5 rings (SSSR count). The number of aromatic hydroxyl groups is 1. The summed E-state index contributed by atoms with van der Waals surface area (Å²) in [6, 6.07) is 14.4. The minimum atomic E-state index is -1.19. The maximum absolute atomic E-state index is 14.0. The zero-order valence-corrected chi connectivity index (χ0v) is 19.5. The van der Waals surface area contributed by atoms with Crippen molar-refractivity contribution in [2.24, 2.45) is 16.8 Å². The van der Waals surface area contributed by atoms with Crippen molar-refractivity contribution in [1.29, 1.82) is 0 Å². The summed E-state index contributed by atoms with van der Waals surface area (Å²) in [7, 11) is 0. The van der Waals surface area contributed by atoms with Crippen LogP contribution in [0, 0.1) is 11.8 Å². The van der Waals surface area contributed by atoms with E-state index in [1.54, 1.807) is 12.1 Å². The van der Waals surface area contributed by atoms with E-state index in [0.717, 1.165) is 38.0 Å². The fraction of sp³-hybridized carbons (Fsp3) is 0.462. The van der Waals surface area contributed by atoms with Crippen molar-refractivity contribution in [2.45, 2.75) is 37.3 Å². The van der Waals surface area contributed by atoms with Gasteiger partial charge in [0.25, 0.3) is 5.91 Å². The second kappa shape index (κ2) is 9.35. The number of phenols is 1. The van der Waals surface area contributed by atoms with Gasteiger partial charge in [-0.05, 0) is 68.3 Å². The van der Waals surface area contributed by atoms with Crippen molar-refractivity contribution in [3.05, 3.63) is 64.7 Å². The molecule has 1 saturated heterocycles. The molecule has 6 nitrogen and oxygen atoms in total. The number of carbonyl (C=O) groups is 1. The Morgan fingerprint density at radius 3 is 2.58 bits per heavy atom. The molecule has 1 saturated carbocycles. The number of aliphatic imine (C=N–C) groups is 1. The molecule has 0 spiro atoms. The zero-order valence-electron chi connectivity index (χ0n) is 18.7. The van der Waals surface area contributed by atoms with Gasteiger partial charge < -0.3 is 20.6 Å². The predicted octanol–water partition coefficient (Wildman–Crippen LogP) is 3.85. The number of rotatable bonds is 7. The number of phenolic OH excluding ortho intramolecular Hbond substituents is 1. The second-order valence-electron chi connectivity index (χ2n) is 9.53. The van der Waals surface area contributed by atoms with Gasteiger partial charge in [-0.1, -0.05) is 48.0 Å². The van der Waals surface area contributed by atoms with E-state index in [1.807, 2.05) is 42.7 Å². The lowest BCUT2D eigenvalue weighted by atomic mass is 9.78. The van der Waals surface area contributed by atoms with Crippen LogP contribution in [0.15, 0.2) is 53.5 Å². The van der Waals surface area contributed by atoms with Crippen LogP contribution in [0.3, 0.4) is 0 Å². The Labute approximate surface area is 200 Å². The Morgan fingerprint density at radius 2 is 1.88 bits per heavy atom. The van der Waals surface area contributed by atoms with E-state index in [4.69, 9.17) is 16.6 Å². The highest BCUT2D eigenvalue weighted by molar-refractivity contribution is 6.30. The molecule has 0 unspecified atom stereocenters. The summed E-state index contributed by atoms with van der Waals surface area (Å²) in [6.07, 6.45) is 6.29. The molecule has 0 bridgehead atoms. The largest absolute Gasteiger partial charge is 0.508 e. The van der Waals surface area contributed by atoms with Crippen LogP contribution in [-0.4, -0.2) is 48.4 Å². The Morgan fingerprint density at radius 1 is 1.12 bits per heavy atom. The maximum atomic E-state index is 14.0. The third kappa shape index (κ3) is 4.46. The first kappa shape index (κ1) is 22.2. The van der Waals surface area contributed by atoms with Gasteiger partial charge in [0.05, 0.1) is 12.4 Å². The van der Waals surface area contributed by atoms with Crippen LogP contribution < -0.4 is 10.6 Å². The minimum Gasteiger partial charge on any atom is -0.508 e. The molecule has 0 aromatic heterocycles. The first-order valence-electron chi connectivity index (χ1n) is 11.9. The van der Waals surface area contributed by atoms with Gasteiger partial charge in [0.15, 0.2) is 5.54 Å². The molecule has 1 amide bonds. The van der Waals surface area contributed by atoms with Gasteiger partial charge in [-0.25, -0.2) is 0 Å². The van der Waals surface area contributed by atoms with Crippen molar-refractivity contribution in [1.82, 2.24) is 15.5 Å². The van der Waals surface area contributed by atoms with E-state index in [2.05, 4.69) is 15.5 Å². The van der Waals surface area contributed by atoms with E-state index >= 15 is 0 Å². The Kier molecular flexibility index (Phi) is 6.30. The molecule has 174 valence electrons. The Bertz CT molecular complexity index is 1020. The number of nitrogens with zero attached hydrogens (tertiary/aromatic N) is 2. The van der Waals surface area contributed by atoms with Crippen molar-refractivity contribution in [2.75, 3.05) is 26.2 Å². The molecule has 3 aliphatic rings. The first-order valence-corrected chi connectivity index (χ1v) is 12.3. The van der Waals surface area contributed by atoms with E-state index in [1.165, 1.54) is 12.8 Å². The lowest BCUT2D eigenvalue weighted by molar-refractivity contribution is -0.128. The average molecular weight is 467 g/mol. The van der Waals surface area contributed by atoms with E-state index in [0.29, 0.717) is 29.0 Å². The molecule has 33 heavy (non-hydrogen) atoms. The molecule has 2 heterocycles. The van der Waals surface area contributed by atoms with Crippen LogP contribution in [0.2, 0.25) is 5.02 Å². The smallest absolute Gasteiger partial charge is 0.255 e. The van der Waals surface area contributed by atoms with Crippen LogP contribution in [-0.2, 0) is 10.3 Å². The second-order valence-corrected chi connectivity index (χ2v) is 9.96. The van der Waals surface area contributed by atoms with Gasteiger partial charge in [0.2, 0.25) is 0 Å². The number of benzene rings is 2. The van der Waals surface area contributed by atoms with E-state index < -0.39 is 11.6 Å². The highest BCUT2D eigenvalue weighted by atomic mass is 35.5. The van der Waals surface area contributed by atoms with Crippen molar-refractivity contribution in [3.63, 3.8) is 0 Å². The lowest BCUT2D eigenvalue weighted by Gasteiger charge is -2.37. The summed E-state index contributed by atoms with van der Waals surface area (Å²) < 4.78 is 0. The normalized spacial score (nSPS) is 25.4. The van der Waals surface area contributed by atoms with Gasteiger partial charge in [-0.2, -0.15) is 0 Å². The van der Waals surface area contributed by atoms with Crippen molar-refractivity contribution in [3.8, 4) is 5.75 Å². The van der Waals surface area contributed by atoms with Gasteiger partial charge in [0.1, 0.15) is 5.75 Å². The highest BCUT2D eigenvalue weighted by Gasteiger charge is 2.54. The van der Waals surface area contributed by atoms with Crippen molar-refractivity contribution < 1.29 is 9.90 Å². The standard InChI is InChI=1S/C26H31ClN4O2/c27-21-8-9-22(23(32)14-21)24-26(20-4-2-1-3-5-20,30-17-31(24)16-19-6-7-19)25(33)29-15-18-10-12-28-13-11-18/h1-5,8-9,14,17-19,24,28,32H,6-7,10-13,15-16H2,(H,29,33)/t24-,26+/m0/s1. The molecular formula is C26H31ClN4O2. The van der Waals surface area contributed by atoms with Crippen molar-refractivity contribution >= 4 is 23.8 Å². The highest BCUT2D eigenvalue weighted by Crippen LogP contribution is 2.50. The van der Waals surface area contributed by atoms with Gasteiger partial charge in [0, 0.05) is 23.7 Å². The molecule has 3 N–H and O–H groups in total. The summed E-state index contributed by atoms with van der Waals surface area (Å²) in [5, 5.41) is 18.0. The monoisotopic (exact) mass is 466 g/mol. The fourth-order valence-corrected chi connectivity index (χ4v) is 5.31. The lowest BCUT2D eigenvalue weighted by Crippen LogP contribution is -2.50. The number of hydrogen-bond acceptors (Lipinski definition) is 5. The third-order valence-electron chi connectivity index (χ3n) is 7.16. The molecular weight excluding hydrogens is 436 g/mol. The zero-order chi connectivity index (χ0) is 22.8. The number of hydrogen-bond donors (Lipinski definition) is 3. The quantitative estimate of drug-likeness (QED) is 0.579. The molecule has 1 aliphatic carbocycles. The molecule has 2 atom stereocenters. The maximum Gasteiger partial charge on any atom is 0.255 e. The summed E-state index contributed by atoms with van der Waals surface area (Å²) in [4.78, 5) is 21.1. The molecule has 2 fully saturated rings. The number of halogens is 1. The number of piperidine rings is 1. The molecule has 0 radical (unpaired) electrons. The molecule has 2 aromatic rings. The van der Waals surface area contributed by atoms with Crippen LogP contribution in [0.1, 0.15) is 42.9 Å². The third-order valence-corrected chi connectivity index (χ3v) is 7.40. The summed E-state index contributed by atoms with van der Waals surface area (Å²) in [5.74, 6) is 1.02. The fourth-order valence-electron chi connectivity index (χ4n) is 5.14. The average Bonchev–Trinajstić information content (AvgIpc) is 3.58. The van der Waals surface area contributed by atoms with Gasteiger partial charge in [-0.15, -0.1) is 0 Å². The van der Waals surface area contributed by atoms with E-state index in [9.17, 15) is 9.90 Å². The van der Waals surface area contributed by atoms with Gasteiger partial charge >= 0.3 is 0 Å². The SMILES string of the molecule is O=C(NCC1CCNCC1)[C@]1(c2ccccc2)N=CN(CC2CC2)[C@H]1c1ccc(Cl)cc1O. The predicted molar refractivity (Wildman–Crippen MR) is 131 cm³/mol. The Balaban J connectivity index is 1.54. The minimum absolute atomic E-state index is 0.0882. The summed E-state index contributed by atoms with van der Waals surface area (Å²) in [5.41, 5.74) is 0.300. The van der Waals surface area contributed by atoms with E-state index in [-0.39, 0.29) is 11.7 Å². The molecule has 7 heteroatoms. The van der Waals surface area contributed by atoms with Gasteiger partial charge in [-0.3, -0.25) is 9.79 Å². The number of nitrogens with one attached hydrogen (secondary N) is 2. The molecule has 2 aromatic carbocycles. The summed E-state index contributed by atoms with van der Waals surface area (Å²) in [6.45, 7) is 3.41. The van der Waals surface area contributed by atoms with Crippen LogP contribution >= 0.6 is 11.6 Å². The first-order chi connectivity index (χ1) is 16.1. The Hall–Kier alpha value is -2.57. The van der Waals surface area contributed by atoms with Crippen LogP contribution in [0.25, 0.3) is 0 Å². The summed E-state index contributed by atoms with van der Waals surface area (Å²) >= 11 is 6.15. The molecule has 2 aliphatic heterocycles. The topological polar surface area (TPSA) is 77.0 Å².